The van der Waals surface area contributed by atoms with Gasteiger partial charge in [0, 0.05) is 12.6 Å². The lowest BCUT2D eigenvalue weighted by Crippen LogP contribution is -2.36. The van der Waals surface area contributed by atoms with E-state index in [1.165, 1.54) is 22.5 Å². The SMILES string of the molecule is O=C(COc1ccc(S(=O)(=O)N2CCCc3ccccc32)cc1Cl)NC1CCCC1. The van der Waals surface area contributed by atoms with Gasteiger partial charge in [0.15, 0.2) is 6.61 Å². The van der Waals surface area contributed by atoms with E-state index in [0.717, 1.165) is 44.1 Å². The second kappa shape index (κ2) is 8.86. The highest BCUT2D eigenvalue weighted by Crippen LogP contribution is 2.34. The van der Waals surface area contributed by atoms with Crippen LogP contribution in [-0.4, -0.2) is 33.5 Å². The minimum absolute atomic E-state index is 0.104. The highest BCUT2D eigenvalue weighted by molar-refractivity contribution is 7.92. The van der Waals surface area contributed by atoms with Gasteiger partial charge in [0.1, 0.15) is 5.75 Å². The predicted octanol–water partition coefficient (Wildman–Crippen LogP) is 3.92. The summed E-state index contributed by atoms with van der Waals surface area (Å²) in [7, 11) is -3.75. The van der Waals surface area contributed by atoms with Crippen molar-refractivity contribution >= 4 is 33.2 Å². The van der Waals surface area contributed by atoms with E-state index in [2.05, 4.69) is 5.32 Å². The number of hydrogen-bond acceptors (Lipinski definition) is 4. The lowest BCUT2D eigenvalue weighted by atomic mass is 10.0. The van der Waals surface area contributed by atoms with Crippen LogP contribution in [0.4, 0.5) is 5.69 Å². The molecule has 0 atom stereocenters. The first-order chi connectivity index (χ1) is 14.4. The molecule has 0 bridgehead atoms. The zero-order valence-corrected chi connectivity index (χ0v) is 18.2. The normalized spacial score (nSPS) is 16.9. The third-order valence-corrected chi connectivity index (χ3v) is 7.74. The van der Waals surface area contributed by atoms with Crippen molar-refractivity contribution in [2.45, 2.75) is 49.5 Å². The van der Waals surface area contributed by atoms with Gasteiger partial charge >= 0.3 is 0 Å². The van der Waals surface area contributed by atoms with E-state index < -0.39 is 10.0 Å². The van der Waals surface area contributed by atoms with Crippen LogP contribution in [-0.2, 0) is 21.2 Å². The van der Waals surface area contributed by atoms with Crippen molar-refractivity contribution in [3.8, 4) is 5.75 Å². The van der Waals surface area contributed by atoms with Crippen molar-refractivity contribution in [3.05, 3.63) is 53.1 Å². The van der Waals surface area contributed by atoms with E-state index in [1.807, 2.05) is 24.3 Å². The molecule has 1 amide bonds. The first-order valence-corrected chi connectivity index (χ1v) is 12.1. The van der Waals surface area contributed by atoms with Crippen molar-refractivity contribution in [1.82, 2.24) is 5.32 Å². The second-order valence-corrected chi connectivity index (χ2v) is 10.0. The first-order valence-electron chi connectivity index (χ1n) is 10.3. The lowest BCUT2D eigenvalue weighted by Gasteiger charge is -2.30. The number of amides is 1. The Labute approximate surface area is 182 Å². The number of fused-ring (bicyclic) bond motifs is 1. The number of ether oxygens (including phenoxy) is 1. The molecule has 1 fully saturated rings. The average molecular weight is 449 g/mol. The Morgan fingerprint density at radius 2 is 1.90 bits per heavy atom. The minimum Gasteiger partial charge on any atom is -0.482 e. The number of nitrogens with zero attached hydrogens (tertiary/aromatic N) is 1. The van der Waals surface area contributed by atoms with Gasteiger partial charge in [-0.05, 0) is 55.5 Å². The largest absolute Gasteiger partial charge is 0.482 e. The summed E-state index contributed by atoms with van der Waals surface area (Å²) in [4.78, 5) is 12.2. The molecular formula is C22H25ClN2O4S. The molecule has 0 spiro atoms. The number of para-hydroxylation sites is 1. The van der Waals surface area contributed by atoms with Gasteiger partial charge in [-0.1, -0.05) is 42.6 Å². The number of anilines is 1. The fourth-order valence-electron chi connectivity index (χ4n) is 4.12. The Bertz CT molecular complexity index is 1040. The van der Waals surface area contributed by atoms with Gasteiger partial charge in [-0.25, -0.2) is 8.42 Å². The topological polar surface area (TPSA) is 75.7 Å². The van der Waals surface area contributed by atoms with E-state index in [9.17, 15) is 13.2 Å². The van der Waals surface area contributed by atoms with Crippen LogP contribution in [0.2, 0.25) is 5.02 Å². The van der Waals surface area contributed by atoms with Crippen LogP contribution in [0, 0.1) is 0 Å². The second-order valence-electron chi connectivity index (χ2n) is 7.74. The third kappa shape index (κ3) is 4.42. The van der Waals surface area contributed by atoms with Crippen molar-refractivity contribution in [1.29, 1.82) is 0 Å². The van der Waals surface area contributed by atoms with E-state index in [0.29, 0.717) is 12.2 Å². The number of carbonyl (C=O) groups is 1. The molecule has 6 nitrogen and oxygen atoms in total. The molecule has 30 heavy (non-hydrogen) atoms. The van der Waals surface area contributed by atoms with Gasteiger partial charge in [-0.2, -0.15) is 0 Å². The molecule has 1 aliphatic carbocycles. The molecule has 2 aliphatic rings. The number of sulfonamides is 1. The average Bonchev–Trinajstić information content (AvgIpc) is 3.25. The van der Waals surface area contributed by atoms with Crippen LogP contribution >= 0.6 is 11.6 Å². The van der Waals surface area contributed by atoms with Crippen molar-refractivity contribution in [2.24, 2.45) is 0 Å². The summed E-state index contributed by atoms with van der Waals surface area (Å²) in [5.74, 6) is 0.0934. The summed E-state index contributed by atoms with van der Waals surface area (Å²) >= 11 is 6.29. The Morgan fingerprint density at radius 3 is 2.67 bits per heavy atom. The van der Waals surface area contributed by atoms with Gasteiger partial charge in [-0.3, -0.25) is 9.10 Å². The number of aryl methyl sites for hydroxylation is 1. The smallest absolute Gasteiger partial charge is 0.264 e. The molecule has 2 aromatic carbocycles. The maximum atomic E-state index is 13.2. The summed E-state index contributed by atoms with van der Waals surface area (Å²) in [5.41, 5.74) is 1.73. The maximum Gasteiger partial charge on any atom is 0.264 e. The van der Waals surface area contributed by atoms with Crippen LogP contribution < -0.4 is 14.4 Å². The first kappa shape index (κ1) is 21.0. The molecular weight excluding hydrogens is 424 g/mol. The predicted molar refractivity (Wildman–Crippen MR) is 117 cm³/mol. The molecule has 1 N–H and O–H groups in total. The Hall–Kier alpha value is -2.25. The van der Waals surface area contributed by atoms with E-state index in [-0.39, 0.29) is 34.2 Å². The fraction of sp³-hybridized carbons (Fsp3) is 0.409. The summed E-state index contributed by atoms with van der Waals surface area (Å²) in [6.07, 6.45) is 5.89. The molecule has 0 radical (unpaired) electrons. The van der Waals surface area contributed by atoms with Gasteiger partial charge in [-0.15, -0.1) is 0 Å². The standard InChI is InChI=1S/C22H25ClN2O4S/c23-19-14-18(11-12-21(19)29-15-22(26)24-17-8-2-3-9-17)30(27,28)25-13-5-7-16-6-1-4-10-20(16)25/h1,4,6,10-12,14,17H,2-3,5,7-9,13,15H2,(H,24,26). The van der Waals surface area contributed by atoms with E-state index in [4.69, 9.17) is 16.3 Å². The van der Waals surface area contributed by atoms with Gasteiger partial charge < -0.3 is 10.1 Å². The van der Waals surface area contributed by atoms with Crippen LogP contribution in [0.1, 0.15) is 37.7 Å². The van der Waals surface area contributed by atoms with Crippen LogP contribution in [0.3, 0.4) is 0 Å². The Morgan fingerprint density at radius 1 is 1.13 bits per heavy atom. The molecule has 1 aliphatic heterocycles. The van der Waals surface area contributed by atoms with Crippen molar-refractivity contribution in [3.63, 3.8) is 0 Å². The number of halogens is 1. The van der Waals surface area contributed by atoms with Crippen molar-refractivity contribution < 1.29 is 17.9 Å². The Balaban J connectivity index is 1.47. The zero-order valence-electron chi connectivity index (χ0n) is 16.6. The fourth-order valence-corrected chi connectivity index (χ4v) is 5.99. The molecule has 160 valence electrons. The lowest BCUT2D eigenvalue weighted by molar-refractivity contribution is -0.123. The Kier molecular flexibility index (Phi) is 6.20. The molecule has 1 saturated carbocycles. The van der Waals surface area contributed by atoms with Crippen molar-refractivity contribution in [2.75, 3.05) is 17.5 Å². The number of hydrogen-bond donors (Lipinski definition) is 1. The van der Waals surface area contributed by atoms with Gasteiger partial charge in [0.05, 0.1) is 15.6 Å². The monoisotopic (exact) mass is 448 g/mol. The van der Waals surface area contributed by atoms with Gasteiger partial charge in [0.25, 0.3) is 15.9 Å². The minimum atomic E-state index is -3.75. The maximum absolute atomic E-state index is 13.2. The molecule has 2 aromatic rings. The highest BCUT2D eigenvalue weighted by atomic mass is 35.5. The molecule has 0 unspecified atom stereocenters. The number of rotatable bonds is 6. The zero-order chi connectivity index (χ0) is 21.1. The summed E-state index contributed by atoms with van der Waals surface area (Å²) < 4.78 is 33.4. The molecule has 0 aromatic heterocycles. The summed E-state index contributed by atoms with van der Waals surface area (Å²) in [6.45, 7) is 0.276. The number of benzene rings is 2. The summed E-state index contributed by atoms with van der Waals surface area (Å²) in [5, 5.41) is 3.11. The molecule has 8 heteroatoms. The highest BCUT2D eigenvalue weighted by Gasteiger charge is 2.29. The van der Waals surface area contributed by atoms with Crippen LogP contribution in [0.5, 0.6) is 5.75 Å². The van der Waals surface area contributed by atoms with E-state index in [1.54, 1.807) is 0 Å². The van der Waals surface area contributed by atoms with Crippen LogP contribution in [0.15, 0.2) is 47.4 Å². The molecule has 0 saturated heterocycles. The van der Waals surface area contributed by atoms with E-state index >= 15 is 0 Å². The van der Waals surface area contributed by atoms with Crippen LogP contribution in [0.25, 0.3) is 0 Å². The quantitative estimate of drug-likeness (QED) is 0.726. The third-order valence-electron chi connectivity index (χ3n) is 5.64. The molecule has 4 rings (SSSR count). The number of nitrogens with one attached hydrogen (secondary N) is 1. The molecule has 1 heterocycles. The number of carbonyl (C=O) groups excluding carboxylic acids is 1. The van der Waals surface area contributed by atoms with Gasteiger partial charge in [0.2, 0.25) is 0 Å². The summed E-state index contributed by atoms with van der Waals surface area (Å²) in [6, 6.07) is 12.1.